The Balaban J connectivity index is 1.53. The van der Waals surface area contributed by atoms with Gasteiger partial charge >= 0.3 is 0 Å². The molecule has 27 heavy (non-hydrogen) atoms. The van der Waals surface area contributed by atoms with Gasteiger partial charge in [0.2, 0.25) is 0 Å². The Morgan fingerprint density at radius 2 is 1.78 bits per heavy atom. The van der Waals surface area contributed by atoms with Crippen molar-refractivity contribution >= 4 is 26.8 Å². The van der Waals surface area contributed by atoms with Gasteiger partial charge in [-0.25, -0.2) is 0 Å². The lowest BCUT2D eigenvalue weighted by Gasteiger charge is -2.15. The quantitative estimate of drug-likeness (QED) is 0.386. The zero-order valence-electron chi connectivity index (χ0n) is 16.3. The third-order valence-electron chi connectivity index (χ3n) is 5.04. The summed E-state index contributed by atoms with van der Waals surface area (Å²) >= 11 is 3.50. The summed E-state index contributed by atoms with van der Waals surface area (Å²) in [6.45, 7) is 2.98. The highest BCUT2D eigenvalue weighted by molar-refractivity contribution is 9.10. The van der Waals surface area contributed by atoms with Crippen molar-refractivity contribution in [3.8, 4) is 5.69 Å². The lowest BCUT2D eigenvalue weighted by Crippen LogP contribution is -2.23. The number of aromatic nitrogens is 1. The van der Waals surface area contributed by atoms with Gasteiger partial charge in [0.15, 0.2) is 0 Å². The minimum absolute atomic E-state index is 0.816. The van der Waals surface area contributed by atoms with Gasteiger partial charge in [-0.05, 0) is 80.9 Å². The molecule has 0 bridgehead atoms. The molecular weight excluding hydrogens is 400 g/mol. The Morgan fingerprint density at radius 3 is 2.56 bits per heavy atom. The first-order valence-corrected chi connectivity index (χ1v) is 10.5. The molecule has 0 atom stereocenters. The summed E-state index contributed by atoms with van der Waals surface area (Å²) in [5.41, 5.74) is 3.89. The molecule has 1 heterocycles. The van der Waals surface area contributed by atoms with E-state index in [1.165, 1.54) is 41.4 Å². The van der Waals surface area contributed by atoms with Gasteiger partial charge in [0.05, 0.1) is 12.1 Å². The molecule has 0 aliphatic rings. The Bertz CT molecular complexity index is 841. The second-order valence-electron chi connectivity index (χ2n) is 7.16. The second kappa shape index (κ2) is 10.1. The number of nitrogens with zero attached hydrogens (tertiary/aromatic N) is 2. The summed E-state index contributed by atoms with van der Waals surface area (Å²) in [5.74, 6) is 0. The number of fused-ring (bicyclic) bond motifs is 1. The summed E-state index contributed by atoms with van der Waals surface area (Å²) in [7, 11) is 3.93. The number of methoxy groups -OCH3 is 1. The average molecular weight is 429 g/mol. The van der Waals surface area contributed by atoms with E-state index in [2.05, 4.69) is 87.2 Å². The Kier molecular flexibility index (Phi) is 7.50. The van der Waals surface area contributed by atoms with Crippen molar-refractivity contribution in [3.63, 3.8) is 0 Å². The third kappa shape index (κ3) is 5.68. The second-order valence-corrected chi connectivity index (χ2v) is 8.08. The fraction of sp³-hybridized carbons (Fsp3) is 0.391. The molecule has 144 valence electrons. The van der Waals surface area contributed by atoms with Crippen LogP contribution in [-0.2, 0) is 11.2 Å². The number of halogens is 1. The van der Waals surface area contributed by atoms with Crippen molar-refractivity contribution in [2.24, 2.45) is 0 Å². The van der Waals surface area contributed by atoms with Gasteiger partial charge in [-0.2, -0.15) is 0 Å². The van der Waals surface area contributed by atoms with Gasteiger partial charge in [-0.1, -0.05) is 28.4 Å². The number of unbranched alkanes of at least 4 members (excludes halogenated alkanes) is 2. The maximum atomic E-state index is 5.12. The molecule has 2 aromatic carbocycles. The molecule has 3 aromatic rings. The summed E-state index contributed by atoms with van der Waals surface area (Å²) in [4.78, 5) is 2.35. The first-order chi connectivity index (χ1) is 13.2. The van der Waals surface area contributed by atoms with Crippen molar-refractivity contribution < 1.29 is 4.74 Å². The number of aryl methyl sites for hydroxylation is 1. The molecule has 0 aliphatic heterocycles. The van der Waals surface area contributed by atoms with Crippen LogP contribution in [0.3, 0.4) is 0 Å². The molecule has 0 N–H and O–H groups in total. The molecule has 0 spiro atoms. The third-order valence-corrected chi connectivity index (χ3v) is 5.57. The van der Waals surface area contributed by atoms with Gasteiger partial charge in [0, 0.05) is 35.4 Å². The molecule has 0 saturated carbocycles. The van der Waals surface area contributed by atoms with Crippen molar-refractivity contribution in [2.45, 2.75) is 25.7 Å². The highest BCUT2D eigenvalue weighted by Crippen LogP contribution is 2.23. The van der Waals surface area contributed by atoms with Crippen molar-refractivity contribution in [1.82, 2.24) is 9.47 Å². The molecule has 3 rings (SSSR count). The molecule has 4 heteroatoms. The zero-order valence-corrected chi connectivity index (χ0v) is 17.9. The van der Waals surface area contributed by atoms with Crippen LogP contribution in [0, 0.1) is 0 Å². The van der Waals surface area contributed by atoms with Crippen LogP contribution in [0.1, 0.15) is 24.8 Å². The van der Waals surface area contributed by atoms with E-state index in [1.807, 2.05) is 0 Å². The van der Waals surface area contributed by atoms with E-state index < -0.39 is 0 Å². The maximum Gasteiger partial charge on any atom is 0.0589 e. The summed E-state index contributed by atoms with van der Waals surface area (Å²) in [5, 5.41) is 1.31. The van der Waals surface area contributed by atoms with Gasteiger partial charge < -0.3 is 14.2 Å². The molecule has 0 saturated heterocycles. The van der Waals surface area contributed by atoms with E-state index in [9.17, 15) is 0 Å². The van der Waals surface area contributed by atoms with Crippen molar-refractivity contribution in [1.29, 1.82) is 0 Å². The number of hydrogen-bond acceptors (Lipinski definition) is 2. The lowest BCUT2D eigenvalue weighted by molar-refractivity contribution is 0.160. The molecule has 1 aromatic heterocycles. The summed E-state index contributed by atoms with van der Waals surface area (Å²) < 4.78 is 8.48. The van der Waals surface area contributed by atoms with E-state index in [0.717, 1.165) is 30.6 Å². The average Bonchev–Trinajstić information content (AvgIpc) is 3.10. The van der Waals surface area contributed by atoms with Crippen LogP contribution >= 0.6 is 15.9 Å². The van der Waals surface area contributed by atoms with Crippen LogP contribution in [0.15, 0.2) is 59.2 Å². The zero-order chi connectivity index (χ0) is 19.1. The number of ether oxygens (including phenoxy) is 1. The predicted octanol–water partition coefficient (Wildman–Crippen LogP) is 5.68. The predicted molar refractivity (Wildman–Crippen MR) is 118 cm³/mol. The van der Waals surface area contributed by atoms with E-state index >= 15 is 0 Å². The number of hydrogen-bond donors (Lipinski definition) is 0. The summed E-state index contributed by atoms with van der Waals surface area (Å²) in [6.07, 6.45) is 7.09. The largest absolute Gasteiger partial charge is 0.383 e. The van der Waals surface area contributed by atoms with Crippen LogP contribution in [0.5, 0.6) is 0 Å². The van der Waals surface area contributed by atoms with Crippen molar-refractivity contribution in [2.75, 3.05) is 33.9 Å². The van der Waals surface area contributed by atoms with E-state index in [4.69, 9.17) is 4.74 Å². The highest BCUT2D eigenvalue weighted by Gasteiger charge is 2.05. The number of rotatable bonds is 10. The van der Waals surface area contributed by atoms with E-state index in [-0.39, 0.29) is 0 Å². The molecule has 0 amide bonds. The summed E-state index contributed by atoms with van der Waals surface area (Å²) in [6, 6.07) is 17.5. The Morgan fingerprint density at radius 1 is 0.963 bits per heavy atom. The van der Waals surface area contributed by atoms with Crippen LogP contribution < -0.4 is 0 Å². The van der Waals surface area contributed by atoms with Crippen LogP contribution in [0.4, 0.5) is 0 Å². The van der Waals surface area contributed by atoms with Crippen LogP contribution in [0.25, 0.3) is 16.6 Å². The highest BCUT2D eigenvalue weighted by atomic mass is 79.9. The molecule has 0 unspecified atom stereocenters. The van der Waals surface area contributed by atoms with Gasteiger partial charge in [-0.3, -0.25) is 0 Å². The van der Waals surface area contributed by atoms with Gasteiger partial charge in [0.25, 0.3) is 0 Å². The normalized spacial score (nSPS) is 11.6. The molecule has 3 nitrogen and oxygen atoms in total. The number of likely N-dealkylation sites (N-methyl/N-ethyl adjacent to an activating group) is 1. The van der Waals surface area contributed by atoms with Crippen LogP contribution in [0.2, 0.25) is 0 Å². The maximum absolute atomic E-state index is 5.12. The topological polar surface area (TPSA) is 17.4 Å². The Hall–Kier alpha value is -1.62. The first-order valence-electron chi connectivity index (χ1n) is 9.71. The van der Waals surface area contributed by atoms with E-state index in [1.54, 1.807) is 7.11 Å². The molecule has 0 aliphatic carbocycles. The number of benzene rings is 2. The molecule has 0 fully saturated rings. The molecule has 0 radical (unpaired) electrons. The van der Waals surface area contributed by atoms with Gasteiger partial charge in [0.1, 0.15) is 0 Å². The van der Waals surface area contributed by atoms with E-state index in [0.29, 0.717) is 0 Å². The SMILES string of the molecule is COCCN(C)CCCCCc1ccc2c(ccn2-c2ccc(Br)cc2)c1. The van der Waals surface area contributed by atoms with Crippen LogP contribution in [-0.4, -0.2) is 43.3 Å². The molecular formula is C23H29BrN2O. The first kappa shape index (κ1) is 20.1. The fourth-order valence-electron chi connectivity index (χ4n) is 3.42. The van der Waals surface area contributed by atoms with Crippen molar-refractivity contribution in [3.05, 3.63) is 64.8 Å². The smallest absolute Gasteiger partial charge is 0.0589 e. The Labute approximate surface area is 171 Å². The fourth-order valence-corrected chi connectivity index (χ4v) is 3.69. The lowest BCUT2D eigenvalue weighted by atomic mass is 10.1. The minimum atomic E-state index is 0.816. The standard InChI is InChI=1S/C23H29BrN2O/c1-25(16-17-27-2)14-5-3-4-6-19-7-12-23-20(18-19)13-15-26(23)22-10-8-21(24)9-11-22/h7-13,15,18H,3-6,14,16-17H2,1-2H3. The van der Waals surface area contributed by atoms with Gasteiger partial charge in [-0.15, -0.1) is 0 Å². The minimum Gasteiger partial charge on any atom is -0.383 e. The monoisotopic (exact) mass is 428 g/mol.